The van der Waals surface area contributed by atoms with Crippen LogP contribution in [0, 0.1) is 0 Å². The van der Waals surface area contributed by atoms with E-state index in [-0.39, 0.29) is 0 Å². The van der Waals surface area contributed by atoms with Crippen molar-refractivity contribution < 1.29 is 0 Å². The SMILES string of the molecule is CCn1cc(-c2cn(C)c(=O)[nH]c2=O)nn1. The molecule has 2 heterocycles. The fraction of sp³-hybridized carbons (Fsp3) is 0.333. The third kappa shape index (κ3) is 1.67. The first-order valence-corrected chi connectivity index (χ1v) is 4.82. The third-order valence-electron chi connectivity index (χ3n) is 2.25. The molecule has 0 radical (unpaired) electrons. The van der Waals surface area contributed by atoms with Gasteiger partial charge in [0.1, 0.15) is 5.69 Å². The van der Waals surface area contributed by atoms with Crippen molar-refractivity contribution >= 4 is 0 Å². The third-order valence-corrected chi connectivity index (χ3v) is 2.25. The molecule has 84 valence electrons. The molecule has 0 aliphatic carbocycles. The van der Waals surface area contributed by atoms with Gasteiger partial charge >= 0.3 is 5.69 Å². The molecule has 2 aromatic heterocycles. The summed E-state index contributed by atoms with van der Waals surface area (Å²) in [5.74, 6) is 0. The number of H-pyrrole nitrogens is 1. The van der Waals surface area contributed by atoms with Gasteiger partial charge in [-0.15, -0.1) is 5.10 Å². The first-order chi connectivity index (χ1) is 7.61. The van der Waals surface area contributed by atoms with Crippen LogP contribution in [0.3, 0.4) is 0 Å². The Morgan fingerprint density at radius 2 is 2.12 bits per heavy atom. The van der Waals surface area contributed by atoms with Crippen molar-refractivity contribution in [3.05, 3.63) is 33.2 Å². The van der Waals surface area contributed by atoms with Gasteiger partial charge in [0, 0.05) is 19.8 Å². The number of aromatic nitrogens is 5. The molecule has 2 aromatic rings. The first kappa shape index (κ1) is 10.3. The predicted octanol–water partition coefficient (Wildman–Crippen LogP) is -0.648. The van der Waals surface area contributed by atoms with Crippen molar-refractivity contribution in [3.8, 4) is 11.3 Å². The largest absolute Gasteiger partial charge is 0.328 e. The van der Waals surface area contributed by atoms with E-state index < -0.39 is 11.2 Å². The van der Waals surface area contributed by atoms with E-state index in [0.717, 1.165) is 0 Å². The lowest BCUT2D eigenvalue weighted by Gasteiger charge is -1.98. The molecule has 1 N–H and O–H groups in total. The molecule has 0 bridgehead atoms. The van der Waals surface area contributed by atoms with E-state index in [0.29, 0.717) is 17.8 Å². The topological polar surface area (TPSA) is 85.6 Å². The highest BCUT2D eigenvalue weighted by Gasteiger charge is 2.09. The van der Waals surface area contributed by atoms with Crippen LogP contribution in [0.2, 0.25) is 0 Å². The Morgan fingerprint density at radius 3 is 2.75 bits per heavy atom. The fourth-order valence-corrected chi connectivity index (χ4v) is 1.32. The van der Waals surface area contributed by atoms with Crippen LogP contribution in [0.25, 0.3) is 11.3 Å². The molecule has 7 nitrogen and oxygen atoms in total. The van der Waals surface area contributed by atoms with E-state index in [4.69, 9.17) is 0 Å². The number of aromatic amines is 1. The van der Waals surface area contributed by atoms with Crippen LogP contribution in [0.15, 0.2) is 22.0 Å². The summed E-state index contributed by atoms with van der Waals surface area (Å²) in [5.41, 5.74) is -0.108. The van der Waals surface area contributed by atoms with Gasteiger partial charge in [0.25, 0.3) is 5.56 Å². The lowest BCUT2D eigenvalue weighted by molar-refractivity contribution is 0.627. The van der Waals surface area contributed by atoms with E-state index in [1.54, 1.807) is 17.9 Å². The molecule has 0 aliphatic heterocycles. The predicted molar refractivity (Wildman–Crippen MR) is 57.0 cm³/mol. The molecule has 16 heavy (non-hydrogen) atoms. The van der Waals surface area contributed by atoms with E-state index in [1.807, 2.05) is 6.92 Å². The zero-order valence-electron chi connectivity index (χ0n) is 8.97. The van der Waals surface area contributed by atoms with Gasteiger partial charge in [0.2, 0.25) is 0 Å². The van der Waals surface area contributed by atoms with Crippen LogP contribution in [0.4, 0.5) is 0 Å². The number of rotatable bonds is 2. The van der Waals surface area contributed by atoms with Gasteiger partial charge in [0.15, 0.2) is 0 Å². The molecular weight excluding hydrogens is 210 g/mol. The number of hydrogen-bond donors (Lipinski definition) is 1. The van der Waals surface area contributed by atoms with Gasteiger partial charge in [-0.1, -0.05) is 5.21 Å². The molecule has 0 amide bonds. The van der Waals surface area contributed by atoms with Crippen LogP contribution >= 0.6 is 0 Å². The van der Waals surface area contributed by atoms with Crippen LogP contribution in [-0.4, -0.2) is 24.5 Å². The van der Waals surface area contributed by atoms with E-state index in [2.05, 4.69) is 15.3 Å². The highest BCUT2D eigenvalue weighted by atomic mass is 16.2. The maximum atomic E-state index is 11.5. The number of hydrogen-bond acceptors (Lipinski definition) is 4. The summed E-state index contributed by atoms with van der Waals surface area (Å²) >= 11 is 0. The Kier molecular flexibility index (Phi) is 2.43. The highest BCUT2D eigenvalue weighted by Crippen LogP contribution is 2.08. The van der Waals surface area contributed by atoms with Crippen molar-refractivity contribution in [2.75, 3.05) is 0 Å². The lowest BCUT2D eigenvalue weighted by atomic mass is 10.2. The first-order valence-electron chi connectivity index (χ1n) is 4.82. The number of aryl methyl sites for hydroxylation is 2. The van der Waals surface area contributed by atoms with Crippen LogP contribution in [0.5, 0.6) is 0 Å². The van der Waals surface area contributed by atoms with E-state index in [9.17, 15) is 9.59 Å². The average molecular weight is 221 g/mol. The molecule has 0 atom stereocenters. The van der Waals surface area contributed by atoms with Crippen LogP contribution in [0.1, 0.15) is 6.92 Å². The Hall–Kier alpha value is -2.18. The molecule has 0 unspecified atom stereocenters. The highest BCUT2D eigenvalue weighted by molar-refractivity contribution is 5.54. The molecular formula is C9H11N5O2. The van der Waals surface area contributed by atoms with E-state index >= 15 is 0 Å². The minimum absolute atomic E-state index is 0.335. The summed E-state index contributed by atoms with van der Waals surface area (Å²) in [6.45, 7) is 2.60. The molecule has 0 spiro atoms. The summed E-state index contributed by atoms with van der Waals surface area (Å²) < 4.78 is 2.90. The van der Waals surface area contributed by atoms with Crippen molar-refractivity contribution in [1.29, 1.82) is 0 Å². The van der Waals surface area contributed by atoms with Crippen LogP contribution < -0.4 is 11.2 Å². The Bertz CT molecular complexity index is 621. The average Bonchev–Trinajstić information content (AvgIpc) is 2.71. The maximum Gasteiger partial charge on any atom is 0.328 e. The monoisotopic (exact) mass is 221 g/mol. The second-order valence-corrected chi connectivity index (χ2v) is 3.37. The van der Waals surface area contributed by atoms with Crippen molar-refractivity contribution in [2.24, 2.45) is 7.05 Å². The molecule has 0 fully saturated rings. The molecule has 0 saturated carbocycles. The van der Waals surface area contributed by atoms with Gasteiger partial charge in [-0.25, -0.2) is 4.79 Å². The number of nitrogens with zero attached hydrogens (tertiary/aromatic N) is 4. The zero-order chi connectivity index (χ0) is 11.7. The van der Waals surface area contributed by atoms with Crippen LogP contribution in [-0.2, 0) is 13.6 Å². The second-order valence-electron chi connectivity index (χ2n) is 3.37. The fourth-order valence-electron chi connectivity index (χ4n) is 1.32. The molecule has 2 rings (SSSR count). The number of nitrogens with one attached hydrogen (secondary N) is 1. The Labute approximate surface area is 90.4 Å². The molecule has 0 aliphatic rings. The second kappa shape index (κ2) is 3.76. The Morgan fingerprint density at radius 1 is 1.38 bits per heavy atom. The van der Waals surface area contributed by atoms with Crippen molar-refractivity contribution in [1.82, 2.24) is 24.5 Å². The summed E-state index contributed by atoms with van der Waals surface area (Å²) in [7, 11) is 1.56. The quantitative estimate of drug-likeness (QED) is 0.730. The smallest absolute Gasteiger partial charge is 0.303 e. The molecule has 0 saturated heterocycles. The maximum absolute atomic E-state index is 11.5. The standard InChI is InChI=1S/C9H11N5O2/c1-3-14-5-7(11-12-14)6-4-13(2)9(16)10-8(6)15/h4-5H,3H2,1-2H3,(H,10,15,16). The van der Waals surface area contributed by atoms with Gasteiger partial charge < -0.3 is 4.57 Å². The molecule has 7 heteroatoms. The van der Waals surface area contributed by atoms with Crippen molar-refractivity contribution in [3.63, 3.8) is 0 Å². The van der Waals surface area contributed by atoms with Gasteiger partial charge in [-0.3, -0.25) is 14.5 Å². The van der Waals surface area contributed by atoms with Gasteiger partial charge in [0.05, 0.1) is 11.8 Å². The summed E-state index contributed by atoms with van der Waals surface area (Å²) in [4.78, 5) is 24.9. The summed E-state index contributed by atoms with van der Waals surface area (Å²) in [5, 5.41) is 7.70. The van der Waals surface area contributed by atoms with Gasteiger partial charge in [-0.05, 0) is 6.92 Å². The molecule has 0 aromatic carbocycles. The zero-order valence-corrected chi connectivity index (χ0v) is 8.97. The summed E-state index contributed by atoms with van der Waals surface area (Å²) in [6, 6.07) is 0. The minimum atomic E-state index is -0.453. The normalized spacial score (nSPS) is 10.6. The summed E-state index contributed by atoms with van der Waals surface area (Å²) in [6.07, 6.45) is 3.11. The Balaban J connectivity index is 2.60. The van der Waals surface area contributed by atoms with E-state index in [1.165, 1.54) is 10.8 Å². The van der Waals surface area contributed by atoms with Crippen molar-refractivity contribution in [2.45, 2.75) is 13.5 Å². The van der Waals surface area contributed by atoms with Gasteiger partial charge in [-0.2, -0.15) is 0 Å². The lowest BCUT2D eigenvalue weighted by Crippen LogP contribution is -2.28. The minimum Gasteiger partial charge on any atom is -0.303 e.